The van der Waals surface area contributed by atoms with E-state index in [0.717, 1.165) is 0 Å². The molecule has 0 fully saturated rings. The number of methoxy groups -OCH3 is 1. The molecule has 0 saturated carbocycles. The van der Waals surface area contributed by atoms with E-state index in [1.807, 2.05) is 0 Å². The molecule has 19 heavy (non-hydrogen) atoms. The Hall–Kier alpha value is -2.76. The van der Waals surface area contributed by atoms with Crippen molar-refractivity contribution < 1.29 is 14.5 Å². The Morgan fingerprint density at radius 1 is 1.32 bits per heavy atom. The van der Waals surface area contributed by atoms with E-state index in [-0.39, 0.29) is 5.69 Å². The number of hydrogen-bond acceptors (Lipinski definition) is 5. The molecule has 1 aromatic carbocycles. The van der Waals surface area contributed by atoms with Gasteiger partial charge in [-0.05, 0) is 12.1 Å². The molecule has 0 aliphatic heterocycles. The number of nitro groups is 1. The van der Waals surface area contributed by atoms with Crippen molar-refractivity contribution in [2.24, 2.45) is 0 Å². The topological polar surface area (TPSA) is 82.3 Å². The summed E-state index contributed by atoms with van der Waals surface area (Å²) in [5.41, 5.74) is 1.50. The summed E-state index contributed by atoms with van der Waals surface area (Å²) < 4.78 is 4.56. The number of pyridine rings is 1. The SMILES string of the molecule is COC(=O)c1ccc(-c2cccc([N+](=O)[O-])c2)nc1. The predicted molar refractivity (Wildman–Crippen MR) is 67.7 cm³/mol. The highest BCUT2D eigenvalue weighted by atomic mass is 16.6. The van der Waals surface area contributed by atoms with Gasteiger partial charge in [0.1, 0.15) is 0 Å². The lowest BCUT2D eigenvalue weighted by Crippen LogP contribution is -2.01. The van der Waals surface area contributed by atoms with Gasteiger partial charge in [-0.15, -0.1) is 0 Å². The molecule has 6 nitrogen and oxygen atoms in total. The van der Waals surface area contributed by atoms with Crippen LogP contribution in [-0.4, -0.2) is 23.0 Å². The van der Waals surface area contributed by atoms with Gasteiger partial charge in [0.25, 0.3) is 5.69 Å². The van der Waals surface area contributed by atoms with Gasteiger partial charge >= 0.3 is 5.97 Å². The van der Waals surface area contributed by atoms with Crippen molar-refractivity contribution in [3.05, 3.63) is 58.3 Å². The summed E-state index contributed by atoms with van der Waals surface area (Å²) in [6.07, 6.45) is 1.38. The molecule has 0 atom stereocenters. The van der Waals surface area contributed by atoms with E-state index in [9.17, 15) is 14.9 Å². The van der Waals surface area contributed by atoms with Crippen LogP contribution in [0.15, 0.2) is 42.6 Å². The smallest absolute Gasteiger partial charge is 0.339 e. The van der Waals surface area contributed by atoms with Crippen LogP contribution in [0.1, 0.15) is 10.4 Å². The maximum atomic E-state index is 11.3. The van der Waals surface area contributed by atoms with Crippen molar-refractivity contribution in [2.75, 3.05) is 7.11 Å². The Balaban J connectivity index is 2.34. The number of carbonyl (C=O) groups excluding carboxylic acids is 1. The Bertz CT molecular complexity index is 623. The summed E-state index contributed by atoms with van der Waals surface area (Å²) >= 11 is 0. The third kappa shape index (κ3) is 2.74. The van der Waals surface area contributed by atoms with Crippen molar-refractivity contribution in [1.29, 1.82) is 0 Å². The molecule has 0 saturated heterocycles. The highest BCUT2D eigenvalue weighted by Gasteiger charge is 2.09. The lowest BCUT2D eigenvalue weighted by Gasteiger charge is -2.02. The second-order valence-electron chi connectivity index (χ2n) is 3.73. The van der Waals surface area contributed by atoms with E-state index in [1.165, 1.54) is 25.4 Å². The first-order valence-corrected chi connectivity index (χ1v) is 5.41. The lowest BCUT2D eigenvalue weighted by atomic mass is 10.1. The fourth-order valence-corrected chi connectivity index (χ4v) is 1.58. The molecule has 1 aromatic heterocycles. The van der Waals surface area contributed by atoms with Crippen molar-refractivity contribution in [3.8, 4) is 11.3 Å². The maximum Gasteiger partial charge on any atom is 0.339 e. The third-order valence-corrected chi connectivity index (χ3v) is 2.54. The number of non-ortho nitro benzene ring substituents is 1. The van der Waals surface area contributed by atoms with E-state index >= 15 is 0 Å². The molecule has 0 radical (unpaired) electrons. The number of esters is 1. The van der Waals surface area contributed by atoms with Crippen molar-refractivity contribution in [3.63, 3.8) is 0 Å². The zero-order valence-electron chi connectivity index (χ0n) is 10.1. The molecule has 2 rings (SSSR count). The van der Waals surface area contributed by atoms with Crippen molar-refractivity contribution in [1.82, 2.24) is 4.98 Å². The van der Waals surface area contributed by atoms with Crippen LogP contribution >= 0.6 is 0 Å². The molecular formula is C13H10N2O4. The largest absolute Gasteiger partial charge is 0.465 e. The van der Waals surface area contributed by atoms with E-state index in [2.05, 4.69) is 9.72 Å². The Labute approximate surface area is 108 Å². The fourth-order valence-electron chi connectivity index (χ4n) is 1.58. The van der Waals surface area contributed by atoms with Gasteiger partial charge in [0.2, 0.25) is 0 Å². The zero-order chi connectivity index (χ0) is 13.8. The molecule has 0 bridgehead atoms. The lowest BCUT2D eigenvalue weighted by molar-refractivity contribution is -0.384. The minimum Gasteiger partial charge on any atom is -0.465 e. The number of hydrogen-bond donors (Lipinski definition) is 0. The van der Waals surface area contributed by atoms with Crippen LogP contribution < -0.4 is 0 Å². The number of benzene rings is 1. The number of ether oxygens (including phenoxy) is 1. The van der Waals surface area contributed by atoms with Crippen LogP contribution in [0.5, 0.6) is 0 Å². The summed E-state index contributed by atoms with van der Waals surface area (Å²) in [7, 11) is 1.29. The molecule has 96 valence electrons. The molecule has 2 aromatic rings. The molecule has 0 aliphatic rings. The van der Waals surface area contributed by atoms with Crippen LogP contribution in [0.25, 0.3) is 11.3 Å². The highest BCUT2D eigenvalue weighted by Crippen LogP contribution is 2.22. The third-order valence-electron chi connectivity index (χ3n) is 2.54. The predicted octanol–water partition coefficient (Wildman–Crippen LogP) is 2.44. The Morgan fingerprint density at radius 3 is 2.68 bits per heavy atom. The first-order valence-electron chi connectivity index (χ1n) is 5.41. The summed E-state index contributed by atoms with van der Waals surface area (Å²) in [5.74, 6) is -0.474. The van der Waals surface area contributed by atoms with Crippen molar-refractivity contribution in [2.45, 2.75) is 0 Å². The number of nitrogens with zero attached hydrogens (tertiary/aromatic N) is 2. The first-order chi connectivity index (χ1) is 9.11. The Kier molecular flexibility index (Phi) is 3.51. The molecule has 1 heterocycles. The van der Waals surface area contributed by atoms with E-state index < -0.39 is 10.9 Å². The molecular weight excluding hydrogens is 248 g/mol. The second-order valence-corrected chi connectivity index (χ2v) is 3.73. The number of nitro benzene ring substituents is 1. The van der Waals surface area contributed by atoms with Gasteiger partial charge in [-0.3, -0.25) is 15.1 Å². The van der Waals surface area contributed by atoms with E-state index in [4.69, 9.17) is 0 Å². The first kappa shape index (κ1) is 12.7. The highest BCUT2D eigenvalue weighted by molar-refractivity contribution is 5.89. The van der Waals surface area contributed by atoms with E-state index in [0.29, 0.717) is 16.8 Å². The van der Waals surface area contributed by atoms with Crippen LogP contribution in [0.3, 0.4) is 0 Å². The van der Waals surface area contributed by atoms with Crippen LogP contribution in [0, 0.1) is 10.1 Å². The minimum absolute atomic E-state index is 0.00338. The molecule has 0 spiro atoms. The normalized spacial score (nSPS) is 9.95. The molecule has 0 unspecified atom stereocenters. The molecule has 0 aliphatic carbocycles. The summed E-state index contributed by atoms with van der Waals surface area (Å²) in [5, 5.41) is 10.7. The quantitative estimate of drug-likeness (QED) is 0.479. The summed E-state index contributed by atoms with van der Waals surface area (Å²) in [4.78, 5) is 25.6. The van der Waals surface area contributed by atoms with Crippen LogP contribution in [-0.2, 0) is 4.74 Å². The number of carbonyl (C=O) groups is 1. The minimum atomic E-state index is -0.474. The average Bonchev–Trinajstić information content (AvgIpc) is 2.46. The maximum absolute atomic E-state index is 11.3. The van der Waals surface area contributed by atoms with Crippen molar-refractivity contribution >= 4 is 11.7 Å². The monoisotopic (exact) mass is 258 g/mol. The second kappa shape index (κ2) is 5.26. The zero-order valence-corrected chi connectivity index (χ0v) is 10.1. The molecule has 0 N–H and O–H groups in total. The van der Waals surface area contributed by atoms with Gasteiger partial charge in [0, 0.05) is 23.9 Å². The van der Waals surface area contributed by atoms with Gasteiger partial charge in [-0.25, -0.2) is 4.79 Å². The van der Waals surface area contributed by atoms with Gasteiger partial charge < -0.3 is 4.74 Å². The van der Waals surface area contributed by atoms with Crippen LogP contribution in [0.2, 0.25) is 0 Å². The summed E-state index contributed by atoms with van der Waals surface area (Å²) in [6, 6.07) is 9.32. The van der Waals surface area contributed by atoms with E-state index in [1.54, 1.807) is 24.3 Å². The fraction of sp³-hybridized carbons (Fsp3) is 0.0769. The standard InChI is InChI=1S/C13H10N2O4/c1-19-13(16)10-5-6-12(14-8-10)9-3-2-4-11(7-9)15(17)18/h2-8H,1H3. The van der Waals surface area contributed by atoms with Gasteiger partial charge in [0.05, 0.1) is 23.3 Å². The van der Waals surface area contributed by atoms with Crippen LogP contribution in [0.4, 0.5) is 5.69 Å². The van der Waals surface area contributed by atoms with Gasteiger partial charge in [-0.1, -0.05) is 12.1 Å². The number of aromatic nitrogens is 1. The average molecular weight is 258 g/mol. The molecule has 6 heteroatoms. The van der Waals surface area contributed by atoms with Gasteiger partial charge in [-0.2, -0.15) is 0 Å². The Morgan fingerprint density at radius 2 is 2.11 bits per heavy atom. The molecule has 0 amide bonds. The number of rotatable bonds is 3. The van der Waals surface area contributed by atoms with Gasteiger partial charge in [0.15, 0.2) is 0 Å². The summed E-state index contributed by atoms with van der Waals surface area (Å²) in [6.45, 7) is 0.